The van der Waals surface area contributed by atoms with E-state index in [1.165, 1.54) is 20.0 Å². The number of nitrogens with one attached hydrogen (secondary N) is 2. The fourth-order valence-electron chi connectivity index (χ4n) is 2.07. The summed E-state index contributed by atoms with van der Waals surface area (Å²) >= 11 is 2.32. The van der Waals surface area contributed by atoms with Crippen molar-refractivity contribution < 1.29 is 0 Å². The van der Waals surface area contributed by atoms with Gasteiger partial charge in [-0.25, -0.2) is 0 Å². The topological polar surface area (TPSA) is 27.8 Å². The molecule has 2 aromatic carbocycles. The summed E-state index contributed by atoms with van der Waals surface area (Å²) in [7, 11) is 0. The van der Waals surface area contributed by atoms with Crippen LogP contribution in [0.3, 0.4) is 0 Å². The van der Waals surface area contributed by atoms with Crippen LogP contribution in [0.4, 0.5) is 5.69 Å². The maximum absolute atomic E-state index is 3.45. The summed E-state index contributed by atoms with van der Waals surface area (Å²) in [6, 6.07) is 16.9. The molecule has 90 valence electrons. The highest BCUT2D eigenvalue weighted by Crippen LogP contribution is 2.19. The molecule has 0 atom stereocenters. The molecule has 2 nitrogen and oxygen atoms in total. The minimum atomic E-state index is 0.843. The number of H-pyrrole nitrogens is 1. The van der Waals surface area contributed by atoms with E-state index >= 15 is 0 Å². The molecule has 3 aromatic rings. The second kappa shape index (κ2) is 5.02. The van der Waals surface area contributed by atoms with E-state index < -0.39 is 0 Å². The molecule has 0 aliphatic heterocycles. The fraction of sp³-hybridized carbons (Fsp3) is 0.0667. The van der Waals surface area contributed by atoms with Crippen LogP contribution in [-0.2, 0) is 6.54 Å². The van der Waals surface area contributed by atoms with Crippen molar-refractivity contribution in [1.29, 1.82) is 0 Å². The molecular formula is C15H13IN2. The maximum Gasteiger partial charge on any atom is 0.0457 e. The summed E-state index contributed by atoms with van der Waals surface area (Å²) < 4.78 is 1.26. The van der Waals surface area contributed by atoms with Gasteiger partial charge in [0.05, 0.1) is 0 Å². The second-order valence-corrected chi connectivity index (χ2v) is 5.46. The summed E-state index contributed by atoms with van der Waals surface area (Å²) in [6.45, 7) is 0.843. The van der Waals surface area contributed by atoms with E-state index in [0.717, 1.165) is 12.2 Å². The highest BCUT2D eigenvalue weighted by Gasteiger charge is 2.01. The summed E-state index contributed by atoms with van der Waals surface area (Å²) in [5.41, 5.74) is 3.66. The molecule has 0 bridgehead atoms. The van der Waals surface area contributed by atoms with Crippen LogP contribution >= 0.6 is 22.6 Å². The zero-order valence-electron chi connectivity index (χ0n) is 9.78. The molecule has 1 aromatic heterocycles. The third-order valence-corrected chi connectivity index (χ3v) is 3.73. The molecule has 3 heteroatoms. The van der Waals surface area contributed by atoms with Gasteiger partial charge in [-0.05, 0) is 64.6 Å². The van der Waals surface area contributed by atoms with Crippen molar-refractivity contribution in [2.45, 2.75) is 6.54 Å². The molecule has 0 aliphatic rings. The Morgan fingerprint density at radius 1 is 1.00 bits per heavy atom. The lowest BCUT2D eigenvalue weighted by molar-refractivity contribution is 1.17. The number of aromatic nitrogens is 1. The van der Waals surface area contributed by atoms with Crippen LogP contribution in [0.2, 0.25) is 0 Å². The number of fused-ring (bicyclic) bond motifs is 1. The lowest BCUT2D eigenvalue weighted by Gasteiger charge is -2.07. The highest BCUT2D eigenvalue weighted by atomic mass is 127. The Morgan fingerprint density at radius 3 is 2.67 bits per heavy atom. The smallest absolute Gasteiger partial charge is 0.0457 e. The third-order valence-electron chi connectivity index (χ3n) is 3.01. The van der Waals surface area contributed by atoms with E-state index in [0.29, 0.717) is 0 Å². The van der Waals surface area contributed by atoms with Crippen molar-refractivity contribution in [3.63, 3.8) is 0 Å². The largest absolute Gasteiger partial charge is 0.381 e. The standard InChI is InChI=1S/C15H13IN2/c16-12-4-6-13(7-5-12)18-10-11-2-1-3-15-14(11)8-9-17-15/h1-9,17-18H,10H2. The average Bonchev–Trinajstić information content (AvgIpc) is 2.87. The highest BCUT2D eigenvalue weighted by molar-refractivity contribution is 14.1. The van der Waals surface area contributed by atoms with Crippen LogP contribution in [0.25, 0.3) is 10.9 Å². The molecule has 0 amide bonds. The maximum atomic E-state index is 3.45. The summed E-state index contributed by atoms with van der Waals surface area (Å²) in [5, 5.41) is 4.74. The number of halogens is 1. The summed E-state index contributed by atoms with van der Waals surface area (Å²) in [6.07, 6.45) is 1.99. The zero-order valence-corrected chi connectivity index (χ0v) is 11.9. The minimum absolute atomic E-state index is 0.843. The molecule has 0 unspecified atom stereocenters. The molecular weight excluding hydrogens is 335 g/mol. The average molecular weight is 348 g/mol. The number of benzene rings is 2. The van der Waals surface area contributed by atoms with Gasteiger partial charge in [-0.15, -0.1) is 0 Å². The number of anilines is 1. The zero-order chi connectivity index (χ0) is 12.4. The normalized spacial score (nSPS) is 10.7. The van der Waals surface area contributed by atoms with Gasteiger partial charge >= 0.3 is 0 Å². The summed E-state index contributed by atoms with van der Waals surface area (Å²) in [4.78, 5) is 3.24. The first kappa shape index (κ1) is 11.6. The van der Waals surface area contributed by atoms with E-state index in [-0.39, 0.29) is 0 Å². The number of aromatic amines is 1. The van der Waals surface area contributed by atoms with Gasteiger partial charge < -0.3 is 10.3 Å². The number of hydrogen-bond donors (Lipinski definition) is 2. The SMILES string of the molecule is Ic1ccc(NCc2cccc3[nH]ccc23)cc1. The number of hydrogen-bond acceptors (Lipinski definition) is 1. The molecule has 18 heavy (non-hydrogen) atoms. The van der Waals surface area contributed by atoms with Gasteiger partial charge in [0.1, 0.15) is 0 Å². The van der Waals surface area contributed by atoms with Gasteiger partial charge in [0.25, 0.3) is 0 Å². The van der Waals surface area contributed by atoms with Crippen LogP contribution in [0, 0.1) is 3.57 Å². The van der Waals surface area contributed by atoms with Gasteiger partial charge in [-0.1, -0.05) is 12.1 Å². The van der Waals surface area contributed by atoms with Crippen LogP contribution in [-0.4, -0.2) is 4.98 Å². The van der Waals surface area contributed by atoms with Gasteiger partial charge in [0.15, 0.2) is 0 Å². The van der Waals surface area contributed by atoms with E-state index in [4.69, 9.17) is 0 Å². The first-order chi connectivity index (χ1) is 8.83. The van der Waals surface area contributed by atoms with E-state index in [9.17, 15) is 0 Å². The van der Waals surface area contributed by atoms with Gasteiger partial charge in [0.2, 0.25) is 0 Å². The van der Waals surface area contributed by atoms with Crippen LogP contribution in [0.15, 0.2) is 54.7 Å². The number of rotatable bonds is 3. The minimum Gasteiger partial charge on any atom is -0.381 e. The first-order valence-electron chi connectivity index (χ1n) is 5.87. The monoisotopic (exact) mass is 348 g/mol. The van der Waals surface area contributed by atoms with Crippen molar-refractivity contribution in [3.05, 3.63) is 63.9 Å². The van der Waals surface area contributed by atoms with Gasteiger partial charge in [0, 0.05) is 32.9 Å². The lowest BCUT2D eigenvalue weighted by Crippen LogP contribution is -1.99. The molecule has 0 spiro atoms. The quantitative estimate of drug-likeness (QED) is 0.676. The molecule has 0 saturated carbocycles. The molecule has 0 radical (unpaired) electrons. The van der Waals surface area contributed by atoms with Gasteiger partial charge in [-0.2, -0.15) is 0 Å². The Bertz CT molecular complexity index is 656. The van der Waals surface area contributed by atoms with Crippen molar-refractivity contribution >= 4 is 39.2 Å². The Morgan fingerprint density at radius 2 is 1.83 bits per heavy atom. The molecule has 0 saturated heterocycles. The van der Waals surface area contributed by atoms with Crippen molar-refractivity contribution in [1.82, 2.24) is 4.98 Å². The second-order valence-electron chi connectivity index (χ2n) is 4.22. The van der Waals surface area contributed by atoms with E-state index in [1.54, 1.807) is 0 Å². The molecule has 3 rings (SSSR count). The van der Waals surface area contributed by atoms with E-state index in [1.807, 2.05) is 6.20 Å². The Balaban J connectivity index is 1.80. The van der Waals surface area contributed by atoms with Crippen molar-refractivity contribution in [2.24, 2.45) is 0 Å². The first-order valence-corrected chi connectivity index (χ1v) is 6.95. The van der Waals surface area contributed by atoms with E-state index in [2.05, 4.69) is 81.4 Å². The molecule has 0 aliphatic carbocycles. The van der Waals surface area contributed by atoms with Crippen LogP contribution < -0.4 is 5.32 Å². The predicted octanol–water partition coefficient (Wildman–Crippen LogP) is 4.38. The Hall–Kier alpha value is -1.49. The molecule has 2 N–H and O–H groups in total. The predicted molar refractivity (Wildman–Crippen MR) is 84.8 cm³/mol. The Kier molecular flexibility index (Phi) is 3.23. The fourth-order valence-corrected chi connectivity index (χ4v) is 2.43. The van der Waals surface area contributed by atoms with Crippen molar-refractivity contribution in [3.8, 4) is 0 Å². The molecule has 0 fully saturated rings. The molecule has 1 heterocycles. The van der Waals surface area contributed by atoms with Crippen LogP contribution in [0.1, 0.15) is 5.56 Å². The Labute approximate surface area is 120 Å². The summed E-state index contributed by atoms with van der Waals surface area (Å²) in [5.74, 6) is 0. The van der Waals surface area contributed by atoms with Gasteiger partial charge in [-0.3, -0.25) is 0 Å². The third kappa shape index (κ3) is 2.36. The lowest BCUT2D eigenvalue weighted by atomic mass is 10.1. The van der Waals surface area contributed by atoms with Crippen molar-refractivity contribution in [2.75, 3.05) is 5.32 Å². The van der Waals surface area contributed by atoms with Crippen LogP contribution in [0.5, 0.6) is 0 Å².